The van der Waals surface area contributed by atoms with Crippen molar-refractivity contribution in [2.24, 2.45) is 0 Å². The highest BCUT2D eigenvalue weighted by Gasteiger charge is 2.38. The van der Waals surface area contributed by atoms with E-state index in [4.69, 9.17) is 9.84 Å². The molecule has 2 atom stereocenters. The number of carbonyl (C=O) groups excluding carboxylic acids is 4. The molecule has 11 heteroatoms. The van der Waals surface area contributed by atoms with Crippen molar-refractivity contribution < 1.29 is 33.8 Å². The number of piperazine rings is 1. The summed E-state index contributed by atoms with van der Waals surface area (Å²) in [6, 6.07) is 4.92. The molecule has 0 aromatic heterocycles. The lowest BCUT2D eigenvalue weighted by atomic mass is 10.0. The number of amides is 4. The Balaban J connectivity index is 1.74. The Hall–Kier alpha value is -3.63. The first-order valence-electron chi connectivity index (χ1n) is 11.3. The Labute approximate surface area is 197 Å². The van der Waals surface area contributed by atoms with Gasteiger partial charge in [0, 0.05) is 38.0 Å². The summed E-state index contributed by atoms with van der Waals surface area (Å²) in [7, 11) is 1.53. The standard InChI is InChI=1S/C23H30N4O7/c1-34-16-9-7-15(8-10-16)23(33)26-12-13-27(19(28)5-2-6-20(29)30)18(14-26)22(32)25-17-4-3-11-24-21(17)31/h7-10,17-18H,2-6,11-14H2,1H3,(H,24,31)(H,25,32)(H,29,30)/t17-,18+/m0/s1. The van der Waals surface area contributed by atoms with Gasteiger partial charge in [0.1, 0.15) is 17.8 Å². The zero-order chi connectivity index (χ0) is 24.7. The fourth-order valence-corrected chi connectivity index (χ4v) is 4.12. The maximum atomic E-state index is 13.2. The molecule has 0 aliphatic carbocycles. The number of benzene rings is 1. The highest BCUT2D eigenvalue weighted by atomic mass is 16.5. The van der Waals surface area contributed by atoms with Crippen molar-refractivity contribution in [2.75, 3.05) is 33.3 Å². The molecular weight excluding hydrogens is 444 g/mol. The van der Waals surface area contributed by atoms with E-state index in [1.807, 2.05) is 0 Å². The Bertz CT molecular complexity index is 934. The summed E-state index contributed by atoms with van der Waals surface area (Å²) in [6.45, 7) is 0.870. The Morgan fingerprint density at radius 2 is 1.88 bits per heavy atom. The minimum absolute atomic E-state index is 0.0214. The molecule has 4 amide bonds. The number of carboxylic acid groups (broad SMARTS) is 1. The van der Waals surface area contributed by atoms with Gasteiger partial charge in [0.15, 0.2) is 0 Å². The average molecular weight is 475 g/mol. The van der Waals surface area contributed by atoms with Gasteiger partial charge in [-0.25, -0.2) is 0 Å². The average Bonchev–Trinajstić information content (AvgIpc) is 2.84. The Morgan fingerprint density at radius 3 is 2.53 bits per heavy atom. The Kier molecular flexibility index (Phi) is 8.44. The van der Waals surface area contributed by atoms with E-state index in [2.05, 4.69) is 10.6 Å². The van der Waals surface area contributed by atoms with E-state index in [1.165, 1.54) is 16.9 Å². The first-order valence-corrected chi connectivity index (χ1v) is 11.3. The van der Waals surface area contributed by atoms with Gasteiger partial charge < -0.3 is 30.3 Å². The van der Waals surface area contributed by atoms with Gasteiger partial charge in [0.2, 0.25) is 17.7 Å². The fourth-order valence-electron chi connectivity index (χ4n) is 4.12. The lowest BCUT2D eigenvalue weighted by Gasteiger charge is -2.41. The number of hydrogen-bond donors (Lipinski definition) is 3. The van der Waals surface area contributed by atoms with E-state index in [-0.39, 0.29) is 56.6 Å². The molecule has 0 bridgehead atoms. The predicted octanol–water partition coefficient (Wildman–Crippen LogP) is -0.00210. The maximum Gasteiger partial charge on any atom is 0.303 e. The van der Waals surface area contributed by atoms with E-state index < -0.39 is 24.0 Å². The van der Waals surface area contributed by atoms with Crippen molar-refractivity contribution in [3.63, 3.8) is 0 Å². The normalized spacial score (nSPS) is 20.3. The summed E-state index contributed by atoms with van der Waals surface area (Å²) in [5.74, 6) is -1.82. The molecule has 3 N–H and O–H groups in total. The number of carbonyl (C=O) groups is 5. The van der Waals surface area contributed by atoms with Gasteiger partial charge in [-0.3, -0.25) is 24.0 Å². The SMILES string of the molecule is COc1ccc(C(=O)N2CCN(C(=O)CCCC(=O)O)[C@@H](C(=O)N[C@H]3CCCNC3=O)C2)cc1. The van der Waals surface area contributed by atoms with E-state index in [1.54, 1.807) is 24.3 Å². The van der Waals surface area contributed by atoms with Crippen molar-refractivity contribution in [3.8, 4) is 5.75 Å². The van der Waals surface area contributed by atoms with E-state index >= 15 is 0 Å². The van der Waals surface area contributed by atoms with Crippen LogP contribution < -0.4 is 15.4 Å². The zero-order valence-electron chi connectivity index (χ0n) is 19.1. The van der Waals surface area contributed by atoms with Crippen LogP contribution in [0.3, 0.4) is 0 Å². The third kappa shape index (κ3) is 6.24. The molecular formula is C23H30N4O7. The van der Waals surface area contributed by atoms with Gasteiger partial charge in [0.05, 0.1) is 13.7 Å². The number of piperidine rings is 1. The van der Waals surface area contributed by atoms with Gasteiger partial charge in [-0.05, 0) is 43.5 Å². The summed E-state index contributed by atoms with van der Waals surface area (Å²) < 4.78 is 5.12. The van der Waals surface area contributed by atoms with Gasteiger partial charge in [-0.2, -0.15) is 0 Å². The molecule has 1 aromatic carbocycles. The molecule has 2 saturated heterocycles. The molecule has 2 aliphatic rings. The van der Waals surface area contributed by atoms with Crippen LogP contribution in [0.2, 0.25) is 0 Å². The van der Waals surface area contributed by atoms with Crippen LogP contribution in [-0.4, -0.2) is 89.9 Å². The van der Waals surface area contributed by atoms with Crippen molar-refractivity contribution in [1.82, 2.24) is 20.4 Å². The topological polar surface area (TPSA) is 145 Å². The molecule has 34 heavy (non-hydrogen) atoms. The largest absolute Gasteiger partial charge is 0.497 e. The second-order valence-corrected chi connectivity index (χ2v) is 8.32. The van der Waals surface area contributed by atoms with Gasteiger partial charge >= 0.3 is 5.97 Å². The van der Waals surface area contributed by atoms with E-state index in [0.29, 0.717) is 24.3 Å². The molecule has 11 nitrogen and oxygen atoms in total. The lowest BCUT2D eigenvalue weighted by molar-refractivity contribution is -0.144. The van der Waals surface area contributed by atoms with Crippen LogP contribution in [0.4, 0.5) is 0 Å². The zero-order valence-corrected chi connectivity index (χ0v) is 19.1. The van der Waals surface area contributed by atoms with Crippen LogP contribution in [0.5, 0.6) is 5.75 Å². The number of rotatable bonds is 8. The van der Waals surface area contributed by atoms with Crippen LogP contribution in [0.15, 0.2) is 24.3 Å². The number of methoxy groups -OCH3 is 1. The maximum absolute atomic E-state index is 13.2. The fraction of sp³-hybridized carbons (Fsp3) is 0.522. The number of nitrogens with one attached hydrogen (secondary N) is 2. The van der Waals surface area contributed by atoms with Crippen LogP contribution in [0.25, 0.3) is 0 Å². The number of hydrogen-bond acceptors (Lipinski definition) is 6. The molecule has 0 spiro atoms. The quantitative estimate of drug-likeness (QED) is 0.481. The van der Waals surface area contributed by atoms with Crippen LogP contribution in [-0.2, 0) is 19.2 Å². The molecule has 184 valence electrons. The number of nitrogens with zero attached hydrogens (tertiary/aromatic N) is 2. The van der Waals surface area contributed by atoms with Crippen LogP contribution in [0.1, 0.15) is 42.5 Å². The molecule has 2 heterocycles. The third-order valence-corrected chi connectivity index (χ3v) is 6.01. The summed E-state index contributed by atoms with van der Waals surface area (Å²) in [6.07, 6.45) is 1.19. The summed E-state index contributed by atoms with van der Waals surface area (Å²) >= 11 is 0. The molecule has 0 saturated carbocycles. The predicted molar refractivity (Wildman–Crippen MR) is 120 cm³/mol. The molecule has 1 aromatic rings. The first-order chi connectivity index (χ1) is 16.3. The minimum Gasteiger partial charge on any atom is -0.497 e. The number of ether oxygens (including phenoxy) is 1. The first kappa shape index (κ1) is 25.0. The highest BCUT2D eigenvalue weighted by molar-refractivity contribution is 5.96. The van der Waals surface area contributed by atoms with Gasteiger partial charge in [-0.15, -0.1) is 0 Å². The third-order valence-electron chi connectivity index (χ3n) is 6.01. The smallest absolute Gasteiger partial charge is 0.303 e. The highest BCUT2D eigenvalue weighted by Crippen LogP contribution is 2.18. The monoisotopic (exact) mass is 474 g/mol. The van der Waals surface area contributed by atoms with Crippen LogP contribution >= 0.6 is 0 Å². The summed E-state index contributed by atoms with van der Waals surface area (Å²) in [5.41, 5.74) is 0.424. The van der Waals surface area contributed by atoms with E-state index in [0.717, 1.165) is 6.42 Å². The van der Waals surface area contributed by atoms with Crippen molar-refractivity contribution in [2.45, 2.75) is 44.2 Å². The summed E-state index contributed by atoms with van der Waals surface area (Å²) in [5, 5.41) is 14.3. The molecule has 0 radical (unpaired) electrons. The second kappa shape index (κ2) is 11.5. The number of aliphatic carboxylic acids is 1. The van der Waals surface area contributed by atoms with Crippen molar-refractivity contribution in [1.29, 1.82) is 0 Å². The molecule has 0 unspecified atom stereocenters. The van der Waals surface area contributed by atoms with Gasteiger partial charge in [0.25, 0.3) is 5.91 Å². The van der Waals surface area contributed by atoms with E-state index in [9.17, 15) is 24.0 Å². The van der Waals surface area contributed by atoms with Crippen molar-refractivity contribution in [3.05, 3.63) is 29.8 Å². The number of carboxylic acids is 1. The van der Waals surface area contributed by atoms with Gasteiger partial charge in [-0.1, -0.05) is 0 Å². The second-order valence-electron chi connectivity index (χ2n) is 8.32. The van der Waals surface area contributed by atoms with Crippen LogP contribution in [0, 0.1) is 0 Å². The summed E-state index contributed by atoms with van der Waals surface area (Å²) in [4.78, 5) is 64.8. The molecule has 3 rings (SSSR count). The van der Waals surface area contributed by atoms with Crippen molar-refractivity contribution >= 4 is 29.6 Å². The lowest BCUT2D eigenvalue weighted by Crippen LogP contribution is -2.63. The Morgan fingerprint density at radius 1 is 1.15 bits per heavy atom. The minimum atomic E-state index is -1.000. The molecule has 2 aliphatic heterocycles. The molecule has 2 fully saturated rings.